The summed E-state index contributed by atoms with van der Waals surface area (Å²) in [5.41, 5.74) is 4.19. The molecule has 1 N–H and O–H groups in total. The van der Waals surface area contributed by atoms with Gasteiger partial charge in [0.15, 0.2) is 11.5 Å². The summed E-state index contributed by atoms with van der Waals surface area (Å²) >= 11 is 0. The highest BCUT2D eigenvalue weighted by Gasteiger charge is 2.31. The fourth-order valence-corrected chi connectivity index (χ4v) is 3.84. The molecule has 2 aromatic carbocycles. The SMILES string of the molecule is COc1ccc(C2CN(C)CCC2NC(=O)c2ccc(C)c(C)c2)cc1OC. The van der Waals surface area contributed by atoms with E-state index >= 15 is 0 Å². The lowest BCUT2D eigenvalue weighted by molar-refractivity contribution is 0.0904. The highest BCUT2D eigenvalue weighted by molar-refractivity contribution is 5.94. The molecule has 0 aromatic heterocycles. The van der Waals surface area contributed by atoms with Crippen molar-refractivity contribution in [1.82, 2.24) is 10.2 Å². The number of carbonyl (C=O) groups excluding carboxylic acids is 1. The van der Waals surface area contributed by atoms with Crippen molar-refractivity contribution in [2.75, 3.05) is 34.4 Å². The van der Waals surface area contributed by atoms with Gasteiger partial charge in [-0.05, 0) is 74.8 Å². The summed E-state index contributed by atoms with van der Waals surface area (Å²) < 4.78 is 10.8. The predicted molar refractivity (Wildman–Crippen MR) is 112 cm³/mol. The van der Waals surface area contributed by atoms with Crippen LogP contribution in [0.2, 0.25) is 0 Å². The molecule has 1 aliphatic heterocycles. The van der Waals surface area contributed by atoms with Crippen LogP contribution in [0, 0.1) is 13.8 Å². The topological polar surface area (TPSA) is 50.8 Å². The number of carbonyl (C=O) groups is 1. The first-order chi connectivity index (χ1) is 13.4. The number of benzene rings is 2. The van der Waals surface area contributed by atoms with E-state index in [0.29, 0.717) is 17.1 Å². The Morgan fingerprint density at radius 2 is 1.79 bits per heavy atom. The first-order valence-electron chi connectivity index (χ1n) is 9.71. The lowest BCUT2D eigenvalue weighted by atomic mass is 9.85. The van der Waals surface area contributed by atoms with Crippen LogP contribution < -0.4 is 14.8 Å². The van der Waals surface area contributed by atoms with Crippen molar-refractivity contribution in [2.24, 2.45) is 0 Å². The molecule has 1 aliphatic rings. The second-order valence-electron chi connectivity index (χ2n) is 7.65. The summed E-state index contributed by atoms with van der Waals surface area (Å²) in [6.07, 6.45) is 0.909. The van der Waals surface area contributed by atoms with Crippen molar-refractivity contribution in [3.63, 3.8) is 0 Å². The molecule has 28 heavy (non-hydrogen) atoms. The molecule has 1 heterocycles. The monoisotopic (exact) mass is 382 g/mol. The van der Waals surface area contributed by atoms with Gasteiger partial charge in [-0.15, -0.1) is 0 Å². The molecule has 5 nitrogen and oxygen atoms in total. The number of nitrogens with zero attached hydrogens (tertiary/aromatic N) is 1. The van der Waals surface area contributed by atoms with Gasteiger partial charge in [-0.2, -0.15) is 0 Å². The molecule has 1 saturated heterocycles. The van der Waals surface area contributed by atoms with Crippen LogP contribution in [0.3, 0.4) is 0 Å². The molecule has 2 aromatic rings. The van der Waals surface area contributed by atoms with Crippen LogP contribution in [0.25, 0.3) is 0 Å². The van der Waals surface area contributed by atoms with Crippen LogP contribution in [0.1, 0.15) is 39.4 Å². The van der Waals surface area contributed by atoms with Gasteiger partial charge in [0.1, 0.15) is 0 Å². The van der Waals surface area contributed by atoms with Gasteiger partial charge in [0.25, 0.3) is 5.91 Å². The Hall–Kier alpha value is -2.53. The Balaban J connectivity index is 1.84. The summed E-state index contributed by atoms with van der Waals surface area (Å²) in [5, 5.41) is 3.28. The first kappa shape index (κ1) is 20.2. The molecule has 0 radical (unpaired) electrons. The number of likely N-dealkylation sites (N-methyl/N-ethyl adjacent to an activating group) is 1. The minimum absolute atomic E-state index is 0.0110. The first-order valence-corrected chi connectivity index (χ1v) is 9.71. The molecule has 3 rings (SSSR count). The summed E-state index contributed by atoms with van der Waals surface area (Å²) in [6, 6.07) is 12.0. The largest absolute Gasteiger partial charge is 0.493 e. The minimum atomic E-state index is -0.0110. The number of hydrogen-bond acceptors (Lipinski definition) is 4. The number of piperidine rings is 1. The van der Waals surface area contributed by atoms with Gasteiger partial charge in [-0.3, -0.25) is 4.79 Å². The van der Waals surface area contributed by atoms with Crippen molar-refractivity contribution in [3.05, 3.63) is 58.7 Å². The van der Waals surface area contributed by atoms with E-state index in [9.17, 15) is 4.79 Å². The number of likely N-dealkylation sites (tertiary alicyclic amines) is 1. The van der Waals surface area contributed by atoms with Crippen LogP contribution in [-0.2, 0) is 0 Å². The van der Waals surface area contributed by atoms with Crippen molar-refractivity contribution < 1.29 is 14.3 Å². The second kappa shape index (κ2) is 8.65. The average Bonchev–Trinajstić information content (AvgIpc) is 2.70. The third-order valence-electron chi connectivity index (χ3n) is 5.74. The van der Waals surface area contributed by atoms with Gasteiger partial charge in [0, 0.05) is 24.1 Å². The van der Waals surface area contributed by atoms with Crippen LogP contribution in [0.15, 0.2) is 36.4 Å². The van der Waals surface area contributed by atoms with E-state index in [1.54, 1.807) is 14.2 Å². The van der Waals surface area contributed by atoms with Gasteiger partial charge in [0.05, 0.1) is 14.2 Å². The number of methoxy groups -OCH3 is 2. The Bertz CT molecular complexity index is 850. The minimum Gasteiger partial charge on any atom is -0.493 e. The smallest absolute Gasteiger partial charge is 0.251 e. The predicted octanol–water partition coefficient (Wildman–Crippen LogP) is 3.54. The number of amides is 1. The maximum absolute atomic E-state index is 12.9. The zero-order chi connectivity index (χ0) is 20.3. The van der Waals surface area contributed by atoms with Gasteiger partial charge in [-0.1, -0.05) is 12.1 Å². The molecule has 5 heteroatoms. The fraction of sp³-hybridized carbons (Fsp3) is 0.435. The van der Waals surface area contributed by atoms with Crippen LogP contribution in [0.4, 0.5) is 0 Å². The standard InChI is InChI=1S/C23H30N2O3/c1-15-6-7-18(12-16(15)2)23(26)24-20-10-11-25(3)14-19(20)17-8-9-21(27-4)22(13-17)28-5/h6-9,12-13,19-20H,10-11,14H2,1-5H3,(H,24,26). The molecule has 0 aliphatic carbocycles. The fourth-order valence-electron chi connectivity index (χ4n) is 3.84. The second-order valence-corrected chi connectivity index (χ2v) is 7.65. The van der Waals surface area contributed by atoms with E-state index in [0.717, 1.165) is 30.6 Å². The quantitative estimate of drug-likeness (QED) is 0.859. The zero-order valence-electron chi connectivity index (χ0n) is 17.4. The maximum atomic E-state index is 12.9. The van der Waals surface area contributed by atoms with Crippen LogP contribution in [0.5, 0.6) is 11.5 Å². The van der Waals surface area contributed by atoms with E-state index in [4.69, 9.17) is 9.47 Å². The van der Waals surface area contributed by atoms with Gasteiger partial charge in [0.2, 0.25) is 0 Å². The van der Waals surface area contributed by atoms with Crippen molar-refractivity contribution in [1.29, 1.82) is 0 Å². The molecule has 1 amide bonds. The van der Waals surface area contributed by atoms with Crippen LogP contribution in [-0.4, -0.2) is 51.2 Å². The third-order valence-corrected chi connectivity index (χ3v) is 5.74. The summed E-state index contributed by atoms with van der Waals surface area (Å²) in [7, 11) is 5.40. The number of aryl methyl sites for hydroxylation is 2. The molecular weight excluding hydrogens is 352 g/mol. The zero-order valence-corrected chi connectivity index (χ0v) is 17.4. The number of nitrogens with one attached hydrogen (secondary N) is 1. The summed E-state index contributed by atoms with van der Waals surface area (Å²) in [4.78, 5) is 15.2. The molecule has 2 unspecified atom stereocenters. The Morgan fingerprint density at radius 3 is 2.46 bits per heavy atom. The van der Waals surface area contributed by atoms with Crippen LogP contribution >= 0.6 is 0 Å². The van der Waals surface area contributed by atoms with E-state index in [2.05, 4.69) is 30.3 Å². The summed E-state index contributed by atoms with van der Waals surface area (Å²) in [5.74, 6) is 1.61. The highest BCUT2D eigenvalue weighted by atomic mass is 16.5. The molecule has 1 fully saturated rings. The Morgan fingerprint density at radius 1 is 1.04 bits per heavy atom. The van der Waals surface area contributed by atoms with Gasteiger partial charge < -0.3 is 19.7 Å². The Kier molecular flexibility index (Phi) is 6.25. The van der Waals surface area contributed by atoms with Crippen molar-refractivity contribution in [3.8, 4) is 11.5 Å². The van der Waals surface area contributed by atoms with Gasteiger partial charge >= 0.3 is 0 Å². The molecule has 0 saturated carbocycles. The van der Waals surface area contributed by atoms with Gasteiger partial charge in [-0.25, -0.2) is 0 Å². The maximum Gasteiger partial charge on any atom is 0.251 e. The molecule has 2 atom stereocenters. The van der Waals surface area contributed by atoms with E-state index in [1.165, 1.54) is 5.56 Å². The molecule has 0 spiro atoms. The average molecular weight is 383 g/mol. The Labute approximate surface area is 167 Å². The van der Waals surface area contributed by atoms with E-state index in [-0.39, 0.29) is 17.9 Å². The normalized spacial score (nSPS) is 19.9. The molecular formula is C23H30N2O3. The summed E-state index contributed by atoms with van der Waals surface area (Å²) in [6.45, 7) is 5.93. The highest BCUT2D eigenvalue weighted by Crippen LogP contribution is 2.34. The van der Waals surface area contributed by atoms with Crippen molar-refractivity contribution >= 4 is 5.91 Å². The third kappa shape index (κ3) is 4.30. The van der Waals surface area contributed by atoms with Crippen molar-refractivity contribution in [2.45, 2.75) is 32.2 Å². The lowest BCUT2D eigenvalue weighted by Crippen LogP contribution is -2.48. The number of ether oxygens (including phenoxy) is 2. The van der Waals surface area contributed by atoms with E-state index in [1.807, 2.05) is 37.3 Å². The lowest BCUT2D eigenvalue weighted by Gasteiger charge is -2.37. The van der Waals surface area contributed by atoms with E-state index < -0.39 is 0 Å². The molecule has 0 bridgehead atoms. The molecule has 150 valence electrons. The number of rotatable bonds is 5. The number of hydrogen-bond donors (Lipinski definition) is 1.